The number of rotatable bonds is 6. The topological polar surface area (TPSA) is 38.3 Å². The molecule has 0 saturated carbocycles. The molecule has 0 fully saturated rings. The Hall–Kier alpha value is -0.650. The van der Waals surface area contributed by atoms with E-state index in [0.717, 1.165) is 11.4 Å². The SMILES string of the molecule is COCC(CCBr)NC(=O)c1ccc(Cl)cc1F. The number of methoxy groups -OCH3 is 1. The quantitative estimate of drug-likeness (QED) is 0.810. The summed E-state index contributed by atoms with van der Waals surface area (Å²) in [6.07, 6.45) is 0.703. The summed E-state index contributed by atoms with van der Waals surface area (Å²) in [6, 6.07) is 3.81. The van der Waals surface area contributed by atoms with E-state index >= 15 is 0 Å². The van der Waals surface area contributed by atoms with Crippen LogP contribution in [-0.4, -0.2) is 31.0 Å². The molecule has 0 spiro atoms. The highest BCUT2D eigenvalue weighted by Crippen LogP contribution is 2.14. The van der Waals surface area contributed by atoms with Gasteiger partial charge < -0.3 is 10.1 Å². The van der Waals surface area contributed by atoms with Gasteiger partial charge in [-0.1, -0.05) is 27.5 Å². The zero-order valence-corrected chi connectivity index (χ0v) is 12.2. The maximum absolute atomic E-state index is 13.5. The van der Waals surface area contributed by atoms with Crippen molar-refractivity contribution in [1.29, 1.82) is 0 Å². The monoisotopic (exact) mass is 337 g/mol. The van der Waals surface area contributed by atoms with Gasteiger partial charge in [0.05, 0.1) is 18.2 Å². The maximum atomic E-state index is 13.5. The van der Waals surface area contributed by atoms with Crippen molar-refractivity contribution < 1.29 is 13.9 Å². The Balaban J connectivity index is 2.73. The number of hydrogen-bond donors (Lipinski definition) is 1. The lowest BCUT2D eigenvalue weighted by Gasteiger charge is -2.17. The molecule has 0 aliphatic heterocycles. The second-order valence-corrected chi connectivity index (χ2v) is 4.96. The van der Waals surface area contributed by atoms with Crippen LogP contribution in [0, 0.1) is 5.82 Å². The van der Waals surface area contributed by atoms with Crippen molar-refractivity contribution in [3.8, 4) is 0 Å². The third kappa shape index (κ3) is 4.55. The van der Waals surface area contributed by atoms with Crippen LogP contribution in [0.15, 0.2) is 18.2 Å². The van der Waals surface area contributed by atoms with Crippen LogP contribution in [0.5, 0.6) is 0 Å². The number of halogens is 3. The number of hydrogen-bond acceptors (Lipinski definition) is 2. The lowest BCUT2D eigenvalue weighted by atomic mass is 10.1. The summed E-state index contributed by atoms with van der Waals surface area (Å²) in [4.78, 5) is 11.9. The van der Waals surface area contributed by atoms with E-state index in [1.54, 1.807) is 7.11 Å². The van der Waals surface area contributed by atoms with Gasteiger partial charge in [0.15, 0.2) is 0 Å². The fraction of sp³-hybridized carbons (Fsp3) is 0.417. The molecule has 0 aliphatic rings. The molecule has 0 aliphatic carbocycles. The highest BCUT2D eigenvalue weighted by atomic mass is 79.9. The van der Waals surface area contributed by atoms with Gasteiger partial charge >= 0.3 is 0 Å². The third-order valence-electron chi connectivity index (χ3n) is 2.34. The molecule has 1 amide bonds. The van der Waals surface area contributed by atoms with Crippen molar-refractivity contribution in [2.24, 2.45) is 0 Å². The standard InChI is InChI=1S/C12H14BrClFNO2/c1-18-7-9(4-5-13)16-12(17)10-3-2-8(14)6-11(10)15/h2-3,6,9H,4-5,7H2,1H3,(H,16,17). The van der Waals surface area contributed by atoms with Gasteiger partial charge in [-0.3, -0.25) is 4.79 Å². The van der Waals surface area contributed by atoms with E-state index in [1.165, 1.54) is 12.1 Å². The van der Waals surface area contributed by atoms with E-state index in [4.69, 9.17) is 16.3 Å². The minimum absolute atomic E-state index is 0.0184. The molecule has 1 atom stereocenters. The van der Waals surface area contributed by atoms with Crippen molar-refractivity contribution in [2.75, 3.05) is 19.0 Å². The summed E-state index contributed by atoms with van der Waals surface area (Å²) in [6.45, 7) is 0.381. The highest BCUT2D eigenvalue weighted by molar-refractivity contribution is 9.09. The Kier molecular flexibility index (Phi) is 6.60. The summed E-state index contributed by atoms with van der Waals surface area (Å²) in [5, 5.41) is 3.71. The third-order valence-corrected chi connectivity index (χ3v) is 3.03. The lowest BCUT2D eigenvalue weighted by molar-refractivity contribution is 0.0891. The van der Waals surface area contributed by atoms with Crippen LogP contribution in [0.1, 0.15) is 16.8 Å². The zero-order valence-electron chi connectivity index (χ0n) is 9.88. The molecule has 3 nitrogen and oxygen atoms in total. The smallest absolute Gasteiger partial charge is 0.254 e. The number of carbonyl (C=O) groups is 1. The van der Waals surface area contributed by atoms with Crippen LogP contribution in [-0.2, 0) is 4.74 Å². The van der Waals surface area contributed by atoms with E-state index in [9.17, 15) is 9.18 Å². The molecule has 6 heteroatoms. The summed E-state index contributed by atoms with van der Waals surface area (Å²) in [5.41, 5.74) is -0.0184. The second-order valence-electron chi connectivity index (χ2n) is 3.73. The van der Waals surface area contributed by atoms with Crippen molar-refractivity contribution in [3.63, 3.8) is 0 Å². The molecule has 0 saturated heterocycles. The fourth-order valence-corrected chi connectivity index (χ4v) is 2.18. The van der Waals surface area contributed by atoms with E-state index in [0.29, 0.717) is 13.0 Å². The highest BCUT2D eigenvalue weighted by Gasteiger charge is 2.16. The van der Waals surface area contributed by atoms with Gasteiger partial charge in [-0.25, -0.2) is 4.39 Å². The first kappa shape index (κ1) is 15.4. The number of amides is 1. The summed E-state index contributed by atoms with van der Waals surface area (Å²) in [5.74, 6) is -1.10. The predicted molar refractivity (Wildman–Crippen MR) is 73.0 cm³/mol. The van der Waals surface area contributed by atoms with E-state index in [1.807, 2.05) is 0 Å². The number of nitrogens with one attached hydrogen (secondary N) is 1. The molecule has 18 heavy (non-hydrogen) atoms. The average Bonchev–Trinajstić information content (AvgIpc) is 2.29. The van der Waals surface area contributed by atoms with Crippen LogP contribution < -0.4 is 5.32 Å². The molecule has 0 heterocycles. The van der Waals surface area contributed by atoms with Crippen LogP contribution in [0.2, 0.25) is 5.02 Å². The zero-order chi connectivity index (χ0) is 13.5. The molecule has 100 valence electrons. The normalized spacial score (nSPS) is 12.2. The Bertz CT molecular complexity index is 411. The predicted octanol–water partition coefficient (Wildman–Crippen LogP) is 3.01. The molecular weight excluding hydrogens is 324 g/mol. The minimum atomic E-state index is -0.630. The Morgan fingerprint density at radius 3 is 2.89 bits per heavy atom. The summed E-state index contributed by atoms with van der Waals surface area (Å²) < 4.78 is 18.5. The number of ether oxygens (including phenoxy) is 1. The summed E-state index contributed by atoms with van der Waals surface area (Å²) >= 11 is 8.92. The molecule has 1 unspecified atom stereocenters. The van der Waals surface area contributed by atoms with Gasteiger partial charge in [-0.15, -0.1) is 0 Å². The van der Waals surface area contributed by atoms with Crippen LogP contribution in [0.25, 0.3) is 0 Å². The summed E-state index contributed by atoms with van der Waals surface area (Å²) in [7, 11) is 1.55. The molecule has 0 radical (unpaired) electrons. The van der Waals surface area contributed by atoms with E-state index in [2.05, 4.69) is 21.2 Å². The molecule has 1 rings (SSSR count). The first-order valence-electron chi connectivity index (χ1n) is 5.39. The number of alkyl halides is 1. The van der Waals surface area contributed by atoms with Crippen LogP contribution in [0.3, 0.4) is 0 Å². The molecule has 1 N–H and O–H groups in total. The Morgan fingerprint density at radius 1 is 1.61 bits per heavy atom. The fourth-order valence-electron chi connectivity index (χ4n) is 1.47. The van der Waals surface area contributed by atoms with Crippen molar-refractivity contribution in [1.82, 2.24) is 5.32 Å². The van der Waals surface area contributed by atoms with Gasteiger partial charge in [0.2, 0.25) is 0 Å². The van der Waals surface area contributed by atoms with Crippen LogP contribution in [0.4, 0.5) is 4.39 Å². The number of carbonyl (C=O) groups excluding carboxylic acids is 1. The Labute approximate surface area is 119 Å². The molecule has 0 bridgehead atoms. The molecular formula is C12H14BrClFNO2. The average molecular weight is 339 g/mol. The van der Waals surface area contributed by atoms with Gasteiger partial charge in [0.25, 0.3) is 5.91 Å². The minimum Gasteiger partial charge on any atom is -0.383 e. The van der Waals surface area contributed by atoms with Gasteiger partial charge in [0, 0.05) is 17.5 Å². The molecule has 1 aromatic rings. The van der Waals surface area contributed by atoms with Crippen molar-refractivity contribution >= 4 is 33.4 Å². The first-order chi connectivity index (χ1) is 8.58. The lowest BCUT2D eigenvalue weighted by Crippen LogP contribution is -2.38. The largest absolute Gasteiger partial charge is 0.383 e. The van der Waals surface area contributed by atoms with E-state index in [-0.39, 0.29) is 16.6 Å². The maximum Gasteiger partial charge on any atom is 0.254 e. The van der Waals surface area contributed by atoms with E-state index < -0.39 is 11.7 Å². The van der Waals surface area contributed by atoms with Crippen molar-refractivity contribution in [3.05, 3.63) is 34.6 Å². The second kappa shape index (κ2) is 7.71. The Morgan fingerprint density at radius 2 is 2.33 bits per heavy atom. The van der Waals surface area contributed by atoms with Gasteiger partial charge in [-0.2, -0.15) is 0 Å². The number of benzene rings is 1. The first-order valence-corrected chi connectivity index (χ1v) is 6.89. The molecule has 1 aromatic carbocycles. The van der Waals surface area contributed by atoms with Crippen LogP contribution >= 0.6 is 27.5 Å². The van der Waals surface area contributed by atoms with Gasteiger partial charge in [-0.05, 0) is 24.6 Å². The molecule has 0 aromatic heterocycles. The van der Waals surface area contributed by atoms with Gasteiger partial charge in [0.1, 0.15) is 5.82 Å². The van der Waals surface area contributed by atoms with Crippen molar-refractivity contribution in [2.45, 2.75) is 12.5 Å².